The number of aliphatic carboxylic acids is 1. The van der Waals surface area contributed by atoms with Crippen molar-refractivity contribution >= 4 is 46.8 Å². The van der Waals surface area contributed by atoms with Gasteiger partial charge in [-0.1, -0.05) is 48.6 Å². The van der Waals surface area contributed by atoms with Crippen LogP contribution in [0.2, 0.25) is 0 Å². The van der Waals surface area contributed by atoms with Gasteiger partial charge in [-0.15, -0.1) is 0 Å². The topological polar surface area (TPSA) is 189 Å². The third-order valence-electron chi connectivity index (χ3n) is 7.88. The van der Waals surface area contributed by atoms with Crippen LogP contribution in [0.3, 0.4) is 0 Å². The first-order valence-corrected chi connectivity index (χ1v) is 16.5. The molecule has 0 bridgehead atoms. The molecule has 0 saturated heterocycles. The van der Waals surface area contributed by atoms with Crippen LogP contribution in [0.5, 0.6) is 0 Å². The van der Waals surface area contributed by atoms with Crippen LogP contribution in [-0.2, 0) is 33.4 Å². The predicted molar refractivity (Wildman–Crippen MR) is 182 cm³/mol. The first kappa shape index (κ1) is 38.7. The van der Waals surface area contributed by atoms with Gasteiger partial charge in [0.15, 0.2) is 0 Å². The van der Waals surface area contributed by atoms with Gasteiger partial charge in [0, 0.05) is 18.9 Å². The molecule has 1 aromatic carbocycles. The minimum absolute atomic E-state index is 0.00186. The van der Waals surface area contributed by atoms with Crippen LogP contribution >= 0.6 is 0 Å². The van der Waals surface area contributed by atoms with Gasteiger partial charge in [-0.25, -0.2) is 9.59 Å². The SMILES string of the molecule is CC(=O)CNC(CCC(=O)NCCCCC(NC(=O)C(C)NC(=O)OCC1=c2ccccc2=C2C=CC=CC21)C(=O)O)C(=O)OC(C)(C)C. The van der Waals surface area contributed by atoms with Crippen LogP contribution in [0.4, 0.5) is 4.79 Å². The van der Waals surface area contributed by atoms with E-state index in [2.05, 4.69) is 21.3 Å². The first-order chi connectivity index (χ1) is 23.2. The monoisotopic (exact) mass is 680 g/mol. The Hall–Kier alpha value is -4.78. The van der Waals surface area contributed by atoms with E-state index in [1.165, 1.54) is 13.8 Å². The minimum Gasteiger partial charge on any atom is -0.480 e. The van der Waals surface area contributed by atoms with Crippen molar-refractivity contribution in [2.24, 2.45) is 5.92 Å². The van der Waals surface area contributed by atoms with Gasteiger partial charge >= 0.3 is 18.0 Å². The summed E-state index contributed by atoms with van der Waals surface area (Å²) in [5, 5.41) is 22.2. The summed E-state index contributed by atoms with van der Waals surface area (Å²) >= 11 is 0. The maximum Gasteiger partial charge on any atom is 0.408 e. The smallest absolute Gasteiger partial charge is 0.408 e. The molecule has 0 aliphatic heterocycles. The van der Waals surface area contributed by atoms with Gasteiger partial charge in [0.05, 0.1) is 6.54 Å². The quantitative estimate of drug-likeness (QED) is 0.112. The Morgan fingerprint density at radius 1 is 0.939 bits per heavy atom. The lowest BCUT2D eigenvalue weighted by molar-refractivity contribution is -0.157. The molecular formula is C36H48N4O9. The molecule has 13 nitrogen and oxygen atoms in total. The van der Waals surface area contributed by atoms with Crippen molar-refractivity contribution in [3.05, 3.63) is 59.0 Å². The maximum absolute atomic E-state index is 12.7. The second-order valence-electron chi connectivity index (χ2n) is 13.1. The van der Waals surface area contributed by atoms with Gasteiger partial charge in [-0.05, 0) is 81.9 Å². The Bertz CT molecular complexity index is 1590. The molecule has 0 heterocycles. The summed E-state index contributed by atoms with van der Waals surface area (Å²) in [7, 11) is 0. The molecule has 0 aromatic heterocycles. The molecule has 4 unspecified atom stereocenters. The highest BCUT2D eigenvalue weighted by Gasteiger charge is 2.28. The number of rotatable bonds is 18. The minimum atomic E-state index is -1.23. The molecular weight excluding hydrogens is 632 g/mol. The van der Waals surface area contributed by atoms with Gasteiger partial charge in [0.1, 0.15) is 36.1 Å². The van der Waals surface area contributed by atoms with Crippen molar-refractivity contribution in [3.63, 3.8) is 0 Å². The predicted octanol–water partition coefficient (Wildman–Crippen LogP) is 1.38. The molecule has 0 saturated carbocycles. The molecule has 1 aromatic rings. The van der Waals surface area contributed by atoms with Crippen molar-refractivity contribution in [1.29, 1.82) is 0 Å². The van der Waals surface area contributed by atoms with Crippen molar-refractivity contribution < 1.29 is 43.3 Å². The average molecular weight is 681 g/mol. The van der Waals surface area contributed by atoms with Gasteiger partial charge in [0.2, 0.25) is 11.8 Å². The summed E-state index contributed by atoms with van der Waals surface area (Å²) < 4.78 is 10.9. The van der Waals surface area contributed by atoms with Crippen molar-refractivity contribution in [1.82, 2.24) is 21.3 Å². The number of carbonyl (C=O) groups is 6. The number of hydrogen-bond acceptors (Lipinski definition) is 9. The normalized spacial score (nSPS) is 16.5. The van der Waals surface area contributed by atoms with E-state index < -0.39 is 47.7 Å². The number of hydrogen-bond donors (Lipinski definition) is 5. The van der Waals surface area contributed by atoms with Gasteiger partial charge in [0.25, 0.3) is 0 Å². The molecule has 2 aliphatic carbocycles. The van der Waals surface area contributed by atoms with E-state index in [-0.39, 0.29) is 56.6 Å². The van der Waals surface area contributed by atoms with Gasteiger partial charge in [-0.3, -0.25) is 24.5 Å². The first-order valence-electron chi connectivity index (χ1n) is 16.5. The van der Waals surface area contributed by atoms with E-state index in [1.807, 2.05) is 48.6 Å². The van der Waals surface area contributed by atoms with Gasteiger partial charge in [-0.2, -0.15) is 0 Å². The molecule has 2 aliphatic rings. The summed E-state index contributed by atoms with van der Waals surface area (Å²) in [6, 6.07) is 4.82. The van der Waals surface area contributed by atoms with Gasteiger partial charge < -0.3 is 30.5 Å². The number of carbonyl (C=O) groups excluding carboxylic acids is 5. The van der Waals surface area contributed by atoms with Crippen LogP contribution in [0.15, 0.2) is 48.6 Å². The molecule has 3 amide bonds. The van der Waals surface area contributed by atoms with Crippen LogP contribution in [0.1, 0.15) is 66.7 Å². The van der Waals surface area contributed by atoms with Crippen LogP contribution in [-0.4, -0.2) is 84.2 Å². The fourth-order valence-corrected chi connectivity index (χ4v) is 5.44. The van der Waals surface area contributed by atoms with E-state index >= 15 is 0 Å². The highest BCUT2D eigenvalue weighted by molar-refractivity contribution is 5.89. The maximum atomic E-state index is 12.7. The van der Waals surface area contributed by atoms with Crippen LogP contribution in [0.25, 0.3) is 11.1 Å². The Morgan fingerprint density at radius 2 is 1.65 bits per heavy atom. The largest absolute Gasteiger partial charge is 0.480 e. The molecule has 266 valence electrons. The van der Waals surface area contributed by atoms with Crippen molar-refractivity contribution in [2.75, 3.05) is 19.7 Å². The highest BCUT2D eigenvalue weighted by Crippen LogP contribution is 2.29. The average Bonchev–Trinajstić information content (AvgIpc) is 3.35. The van der Waals surface area contributed by atoms with E-state index in [4.69, 9.17) is 9.47 Å². The van der Waals surface area contributed by atoms with E-state index in [0.29, 0.717) is 12.8 Å². The molecule has 0 radical (unpaired) electrons. The number of carboxylic acids is 1. The number of fused-ring (bicyclic) bond motifs is 2. The van der Waals surface area contributed by atoms with Crippen molar-refractivity contribution in [3.8, 4) is 0 Å². The Kier molecular flexibility index (Phi) is 14.3. The third-order valence-corrected chi connectivity index (χ3v) is 7.88. The zero-order valence-corrected chi connectivity index (χ0v) is 28.8. The number of nitrogens with one attached hydrogen (secondary N) is 4. The lowest BCUT2D eigenvalue weighted by atomic mass is 9.91. The summed E-state index contributed by atoms with van der Waals surface area (Å²) in [6.07, 6.45) is 8.27. The molecule has 0 spiro atoms. The zero-order valence-electron chi connectivity index (χ0n) is 28.8. The molecule has 4 atom stereocenters. The zero-order chi connectivity index (χ0) is 36.1. The highest BCUT2D eigenvalue weighted by atomic mass is 16.6. The summed E-state index contributed by atoms with van der Waals surface area (Å²) in [4.78, 5) is 73.4. The van der Waals surface area contributed by atoms with E-state index in [9.17, 15) is 33.9 Å². The fraction of sp³-hybridized carbons (Fsp3) is 0.500. The third kappa shape index (κ3) is 12.3. The number of amides is 3. The number of alkyl carbamates (subject to hydrolysis) is 1. The Balaban J connectivity index is 1.39. The number of benzene rings is 1. The number of Topliss-reactive ketones (excluding diaryl/α,β-unsaturated/α-hetero) is 1. The standard InChI is InChI=1S/C36H48N4O9/c1-22(41)20-38-30(34(46)49-36(3,4)5)17-18-31(42)37-19-11-10-16-29(33(44)45)40-32(43)23(2)39-35(47)48-21-28-26-14-8-6-12-24(26)25-13-7-9-15-27(25)28/h6-9,12-15,23,26,29-30,38H,10-11,16-21H2,1-5H3,(H,37,42)(H,39,47)(H,40,43)(H,44,45). The lowest BCUT2D eigenvalue weighted by Crippen LogP contribution is -2.50. The molecule has 49 heavy (non-hydrogen) atoms. The second kappa shape index (κ2) is 18.1. The van der Waals surface area contributed by atoms with Crippen LogP contribution in [0, 0.1) is 5.92 Å². The number of esters is 1. The summed E-state index contributed by atoms with van der Waals surface area (Å²) in [5.74, 6) is -2.92. The second-order valence-corrected chi connectivity index (χ2v) is 13.1. The Morgan fingerprint density at radius 3 is 2.33 bits per heavy atom. The number of carboxylic acid groups (broad SMARTS) is 1. The van der Waals surface area contributed by atoms with Crippen molar-refractivity contribution in [2.45, 2.75) is 90.4 Å². The summed E-state index contributed by atoms with van der Waals surface area (Å²) in [6.45, 7) is 8.26. The molecule has 5 N–H and O–H groups in total. The van der Waals surface area contributed by atoms with E-state index in [1.54, 1.807) is 20.8 Å². The molecule has 3 rings (SSSR count). The van der Waals surface area contributed by atoms with Crippen LogP contribution < -0.4 is 31.7 Å². The number of unbranched alkanes of at least 4 members (excludes halogenated alkanes) is 1. The number of ketones is 1. The lowest BCUT2D eigenvalue weighted by Gasteiger charge is -2.24. The summed E-state index contributed by atoms with van der Waals surface area (Å²) in [5.41, 5.74) is 1.35. The number of allylic oxidation sites excluding steroid dienone is 4. The van der Waals surface area contributed by atoms with E-state index in [0.717, 1.165) is 21.6 Å². The molecule has 13 heteroatoms. The number of ether oxygens (including phenoxy) is 2. The molecule has 0 fully saturated rings. The fourth-order valence-electron chi connectivity index (χ4n) is 5.44. The Labute approximate surface area is 286 Å².